The molecule has 29 heavy (non-hydrogen) atoms. The zero-order valence-corrected chi connectivity index (χ0v) is 17.9. The van der Waals surface area contributed by atoms with E-state index in [1.165, 1.54) is 16.7 Å². The van der Waals surface area contributed by atoms with Crippen LogP contribution < -0.4 is 5.32 Å². The predicted octanol–water partition coefficient (Wildman–Crippen LogP) is 6.06. The van der Waals surface area contributed by atoms with Crippen molar-refractivity contribution >= 4 is 40.7 Å². The smallest absolute Gasteiger partial charge is 0.234 e. The lowest BCUT2D eigenvalue weighted by molar-refractivity contribution is -0.113. The monoisotopic (exact) mass is 423 g/mol. The zero-order chi connectivity index (χ0) is 20.8. The standard InChI is InChI=1S/C24H22ClNO2S/c1-16-10-17(2)12-18(11-16)14-29-15-23(27)26-22-9-8-20(25)13-21(22)24(28)19-6-4-3-5-7-19/h3-13H,14-15H2,1-2H3,(H,26,27). The minimum Gasteiger partial charge on any atom is -0.325 e. The van der Waals surface area contributed by atoms with E-state index >= 15 is 0 Å². The average molecular weight is 424 g/mol. The zero-order valence-electron chi connectivity index (χ0n) is 16.4. The van der Waals surface area contributed by atoms with Gasteiger partial charge in [-0.15, -0.1) is 11.8 Å². The maximum atomic E-state index is 12.8. The van der Waals surface area contributed by atoms with E-state index in [0.717, 1.165) is 5.75 Å². The van der Waals surface area contributed by atoms with Crippen molar-refractivity contribution in [2.45, 2.75) is 19.6 Å². The molecule has 3 nitrogen and oxygen atoms in total. The molecule has 0 fully saturated rings. The van der Waals surface area contributed by atoms with E-state index in [1.54, 1.807) is 54.2 Å². The summed E-state index contributed by atoms with van der Waals surface area (Å²) in [6.45, 7) is 4.14. The van der Waals surface area contributed by atoms with Gasteiger partial charge in [0.05, 0.1) is 11.4 Å². The first-order chi connectivity index (χ1) is 13.9. The molecule has 3 aromatic carbocycles. The highest BCUT2D eigenvalue weighted by Crippen LogP contribution is 2.24. The van der Waals surface area contributed by atoms with Gasteiger partial charge in [0, 0.05) is 21.9 Å². The Labute approximate surface area is 180 Å². The first-order valence-corrected chi connectivity index (χ1v) is 10.8. The van der Waals surface area contributed by atoms with Gasteiger partial charge in [0.25, 0.3) is 0 Å². The second-order valence-corrected chi connectivity index (χ2v) is 8.34. The summed E-state index contributed by atoms with van der Waals surface area (Å²) in [6, 6.07) is 20.3. The summed E-state index contributed by atoms with van der Waals surface area (Å²) in [7, 11) is 0. The molecule has 1 amide bonds. The van der Waals surface area contributed by atoms with Crippen molar-refractivity contribution in [1.29, 1.82) is 0 Å². The molecule has 0 unspecified atom stereocenters. The highest BCUT2D eigenvalue weighted by Gasteiger charge is 2.16. The molecule has 1 N–H and O–H groups in total. The van der Waals surface area contributed by atoms with Gasteiger partial charge in [-0.05, 0) is 37.6 Å². The Morgan fingerprint density at radius 3 is 2.31 bits per heavy atom. The number of anilines is 1. The molecule has 0 bridgehead atoms. The first-order valence-electron chi connectivity index (χ1n) is 9.26. The van der Waals surface area contributed by atoms with Crippen LogP contribution in [0.1, 0.15) is 32.6 Å². The molecule has 0 radical (unpaired) electrons. The fourth-order valence-corrected chi connectivity index (χ4v) is 4.09. The van der Waals surface area contributed by atoms with Gasteiger partial charge in [-0.3, -0.25) is 9.59 Å². The normalized spacial score (nSPS) is 10.6. The third-order valence-electron chi connectivity index (χ3n) is 4.32. The van der Waals surface area contributed by atoms with Crippen molar-refractivity contribution in [2.75, 3.05) is 11.1 Å². The molecule has 0 aromatic heterocycles. The van der Waals surface area contributed by atoms with Crippen LogP contribution in [-0.4, -0.2) is 17.4 Å². The van der Waals surface area contributed by atoms with E-state index in [1.807, 2.05) is 6.07 Å². The maximum Gasteiger partial charge on any atom is 0.234 e. The molecule has 0 atom stereocenters. The molecule has 0 spiro atoms. The minimum absolute atomic E-state index is 0.149. The van der Waals surface area contributed by atoms with Gasteiger partial charge in [0.2, 0.25) is 5.91 Å². The summed E-state index contributed by atoms with van der Waals surface area (Å²) < 4.78 is 0. The number of hydrogen-bond acceptors (Lipinski definition) is 3. The van der Waals surface area contributed by atoms with Crippen molar-refractivity contribution in [3.8, 4) is 0 Å². The summed E-state index contributed by atoms with van der Waals surface area (Å²) in [5.74, 6) is 0.733. The molecular weight excluding hydrogens is 402 g/mol. The Morgan fingerprint density at radius 2 is 1.62 bits per heavy atom. The molecule has 0 saturated carbocycles. The van der Waals surface area contributed by atoms with Gasteiger partial charge in [0.15, 0.2) is 5.78 Å². The quantitative estimate of drug-likeness (QED) is 0.470. The number of nitrogens with one attached hydrogen (secondary N) is 1. The number of thioether (sulfide) groups is 1. The van der Waals surface area contributed by atoms with Gasteiger partial charge < -0.3 is 5.32 Å². The fourth-order valence-electron chi connectivity index (χ4n) is 3.16. The third kappa shape index (κ3) is 5.96. The van der Waals surface area contributed by atoms with Crippen LogP contribution in [0.5, 0.6) is 0 Å². The second-order valence-electron chi connectivity index (χ2n) is 6.92. The van der Waals surface area contributed by atoms with Gasteiger partial charge in [-0.25, -0.2) is 0 Å². The Morgan fingerprint density at radius 1 is 0.931 bits per heavy atom. The highest BCUT2D eigenvalue weighted by molar-refractivity contribution is 7.99. The molecule has 0 aliphatic carbocycles. The van der Waals surface area contributed by atoms with Crippen LogP contribution in [-0.2, 0) is 10.5 Å². The molecule has 5 heteroatoms. The van der Waals surface area contributed by atoms with E-state index in [2.05, 4.69) is 37.4 Å². The number of amides is 1. The van der Waals surface area contributed by atoms with Gasteiger partial charge >= 0.3 is 0 Å². The molecule has 3 rings (SSSR count). The molecule has 0 aliphatic heterocycles. The molecule has 3 aromatic rings. The topological polar surface area (TPSA) is 46.2 Å². The molecular formula is C24H22ClNO2S. The van der Waals surface area contributed by atoms with Crippen LogP contribution in [0, 0.1) is 13.8 Å². The lowest BCUT2D eigenvalue weighted by Gasteiger charge is -2.11. The van der Waals surface area contributed by atoms with Crippen LogP contribution in [0.25, 0.3) is 0 Å². The van der Waals surface area contributed by atoms with Crippen molar-refractivity contribution in [3.05, 3.63) is 99.6 Å². The summed E-state index contributed by atoms with van der Waals surface area (Å²) in [5, 5.41) is 3.31. The van der Waals surface area contributed by atoms with E-state index in [9.17, 15) is 9.59 Å². The molecule has 0 saturated heterocycles. The van der Waals surface area contributed by atoms with E-state index in [-0.39, 0.29) is 11.7 Å². The fraction of sp³-hybridized carbons (Fsp3) is 0.167. The van der Waals surface area contributed by atoms with E-state index in [0.29, 0.717) is 27.6 Å². The van der Waals surface area contributed by atoms with E-state index in [4.69, 9.17) is 11.6 Å². The second kappa shape index (κ2) is 9.77. The van der Waals surface area contributed by atoms with Crippen LogP contribution >= 0.6 is 23.4 Å². The Hall–Kier alpha value is -2.56. The van der Waals surface area contributed by atoms with Crippen LogP contribution in [0.3, 0.4) is 0 Å². The predicted molar refractivity (Wildman–Crippen MR) is 122 cm³/mol. The minimum atomic E-state index is -0.175. The number of aryl methyl sites for hydroxylation is 2. The van der Waals surface area contributed by atoms with Gasteiger partial charge in [-0.1, -0.05) is 71.3 Å². The summed E-state index contributed by atoms with van der Waals surface area (Å²) in [6.07, 6.45) is 0. The van der Waals surface area contributed by atoms with Crippen LogP contribution in [0.4, 0.5) is 5.69 Å². The maximum absolute atomic E-state index is 12.8. The van der Waals surface area contributed by atoms with Crippen molar-refractivity contribution in [2.24, 2.45) is 0 Å². The third-order valence-corrected chi connectivity index (χ3v) is 5.56. The number of ketones is 1. The summed E-state index contributed by atoms with van der Waals surface area (Å²) in [5.41, 5.74) is 5.04. The Balaban J connectivity index is 1.66. The molecule has 0 aliphatic rings. The van der Waals surface area contributed by atoms with Crippen molar-refractivity contribution in [1.82, 2.24) is 0 Å². The van der Waals surface area contributed by atoms with Gasteiger partial charge in [0.1, 0.15) is 0 Å². The number of halogens is 1. The number of carbonyl (C=O) groups excluding carboxylic acids is 2. The molecule has 148 valence electrons. The summed E-state index contributed by atoms with van der Waals surface area (Å²) >= 11 is 7.63. The number of hydrogen-bond donors (Lipinski definition) is 1. The Kier molecular flexibility index (Phi) is 7.13. The number of benzene rings is 3. The molecule has 0 heterocycles. The number of rotatable bonds is 7. The van der Waals surface area contributed by atoms with Gasteiger partial charge in [-0.2, -0.15) is 0 Å². The van der Waals surface area contributed by atoms with Crippen LogP contribution in [0.2, 0.25) is 5.02 Å². The average Bonchev–Trinajstić information content (AvgIpc) is 2.69. The van der Waals surface area contributed by atoms with Crippen LogP contribution in [0.15, 0.2) is 66.7 Å². The lowest BCUT2D eigenvalue weighted by Crippen LogP contribution is -2.17. The summed E-state index contributed by atoms with van der Waals surface area (Å²) in [4.78, 5) is 25.3. The Bertz CT molecular complexity index is 1010. The number of carbonyl (C=O) groups is 2. The highest BCUT2D eigenvalue weighted by atomic mass is 35.5. The van der Waals surface area contributed by atoms with Crippen molar-refractivity contribution < 1.29 is 9.59 Å². The largest absolute Gasteiger partial charge is 0.325 e. The van der Waals surface area contributed by atoms with E-state index < -0.39 is 0 Å². The lowest BCUT2D eigenvalue weighted by atomic mass is 10.0. The van der Waals surface area contributed by atoms with Crippen molar-refractivity contribution in [3.63, 3.8) is 0 Å². The SMILES string of the molecule is Cc1cc(C)cc(CSCC(=O)Nc2ccc(Cl)cc2C(=O)c2ccccc2)c1. The first kappa shape index (κ1) is 21.2.